The maximum absolute atomic E-state index is 13.7. The molecule has 20 heavy (non-hydrogen) atoms. The van der Waals surface area contributed by atoms with Crippen LogP contribution in [-0.2, 0) is 12.0 Å². The lowest BCUT2D eigenvalue weighted by molar-refractivity contribution is 0.0521. The Labute approximate surface area is 123 Å². The van der Waals surface area contributed by atoms with Crippen molar-refractivity contribution in [1.82, 2.24) is 0 Å². The highest BCUT2D eigenvalue weighted by Crippen LogP contribution is 2.30. The second kappa shape index (κ2) is 5.58. The molecule has 2 aromatic carbocycles. The van der Waals surface area contributed by atoms with Crippen LogP contribution in [0.3, 0.4) is 0 Å². The number of benzene rings is 2. The van der Waals surface area contributed by atoms with Gasteiger partial charge in [-0.05, 0) is 36.8 Å². The third-order valence-corrected chi connectivity index (χ3v) is 3.57. The topological polar surface area (TPSA) is 20.2 Å². The minimum absolute atomic E-state index is 0.168. The molecule has 106 valence electrons. The van der Waals surface area contributed by atoms with Crippen molar-refractivity contribution in [1.29, 1.82) is 0 Å². The van der Waals surface area contributed by atoms with Crippen LogP contribution in [0.5, 0.6) is 0 Å². The van der Waals surface area contributed by atoms with Crippen molar-refractivity contribution in [2.75, 3.05) is 0 Å². The average molecular weight is 345 g/mol. The summed E-state index contributed by atoms with van der Waals surface area (Å²) in [4.78, 5) is 0. The number of halogens is 4. The maximum Gasteiger partial charge on any atom is 0.164 e. The Morgan fingerprint density at radius 2 is 1.80 bits per heavy atom. The molecule has 0 radical (unpaired) electrons. The smallest absolute Gasteiger partial charge is 0.164 e. The van der Waals surface area contributed by atoms with Crippen LogP contribution in [0.15, 0.2) is 40.9 Å². The van der Waals surface area contributed by atoms with E-state index in [-0.39, 0.29) is 17.5 Å². The largest absolute Gasteiger partial charge is 0.385 e. The fraction of sp³-hybridized carbons (Fsp3) is 0.200. The summed E-state index contributed by atoms with van der Waals surface area (Å²) in [6.07, 6.45) is -0.168. The lowest BCUT2D eigenvalue weighted by Crippen LogP contribution is -2.26. The number of rotatable bonds is 3. The van der Waals surface area contributed by atoms with Gasteiger partial charge in [0.05, 0.1) is 5.60 Å². The normalized spacial score (nSPS) is 14.1. The van der Waals surface area contributed by atoms with Crippen molar-refractivity contribution in [3.63, 3.8) is 0 Å². The molecule has 0 heterocycles. The lowest BCUT2D eigenvalue weighted by atomic mass is 9.88. The molecule has 0 aliphatic carbocycles. The summed E-state index contributed by atoms with van der Waals surface area (Å²) in [5, 5.41) is 10.4. The van der Waals surface area contributed by atoms with Crippen molar-refractivity contribution in [2.45, 2.75) is 18.9 Å². The third kappa shape index (κ3) is 3.04. The molecule has 1 unspecified atom stereocenters. The predicted molar refractivity (Wildman–Crippen MR) is 73.7 cm³/mol. The van der Waals surface area contributed by atoms with Crippen molar-refractivity contribution in [3.05, 3.63) is 69.4 Å². The van der Waals surface area contributed by atoms with Gasteiger partial charge in [0.25, 0.3) is 0 Å². The zero-order valence-electron chi connectivity index (χ0n) is 10.6. The van der Waals surface area contributed by atoms with E-state index in [9.17, 15) is 18.3 Å². The van der Waals surface area contributed by atoms with Gasteiger partial charge in [0.15, 0.2) is 11.6 Å². The Kier molecular flexibility index (Phi) is 4.20. The monoisotopic (exact) mass is 344 g/mol. The molecule has 1 nitrogen and oxygen atoms in total. The predicted octanol–water partition coefficient (Wildman–Crippen LogP) is 4.32. The lowest BCUT2D eigenvalue weighted by Gasteiger charge is -2.25. The van der Waals surface area contributed by atoms with Crippen LogP contribution in [0.4, 0.5) is 13.2 Å². The van der Waals surface area contributed by atoms with Crippen LogP contribution in [0.25, 0.3) is 0 Å². The Balaban J connectivity index is 2.40. The molecule has 0 aliphatic rings. The zero-order valence-corrected chi connectivity index (χ0v) is 12.2. The second-order valence-electron chi connectivity index (χ2n) is 4.79. The minimum Gasteiger partial charge on any atom is -0.385 e. The molecule has 0 amide bonds. The molecule has 5 heteroatoms. The van der Waals surface area contributed by atoms with Crippen LogP contribution in [0.1, 0.15) is 18.1 Å². The number of aliphatic hydroxyl groups is 1. The van der Waals surface area contributed by atoms with Crippen LogP contribution in [0.2, 0.25) is 0 Å². The molecule has 1 N–H and O–H groups in total. The van der Waals surface area contributed by atoms with Gasteiger partial charge in [-0.15, -0.1) is 0 Å². The highest BCUT2D eigenvalue weighted by Gasteiger charge is 2.29. The fourth-order valence-electron chi connectivity index (χ4n) is 2.06. The molecular weight excluding hydrogens is 333 g/mol. The second-order valence-corrected chi connectivity index (χ2v) is 5.70. The van der Waals surface area contributed by atoms with E-state index in [0.717, 1.165) is 6.07 Å². The van der Waals surface area contributed by atoms with Gasteiger partial charge < -0.3 is 5.11 Å². The summed E-state index contributed by atoms with van der Waals surface area (Å²) in [5.41, 5.74) is -1.70. The van der Waals surface area contributed by atoms with Crippen molar-refractivity contribution in [2.24, 2.45) is 0 Å². The molecule has 2 rings (SSSR count). The van der Waals surface area contributed by atoms with E-state index in [1.54, 1.807) is 0 Å². The fourth-order valence-corrected chi connectivity index (χ4v) is 2.47. The average Bonchev–Trinajstić information content (AvgIpc) is 2.36. The van der Waals surface area contributed by atoms with E-state index in [2.05, 4.69) is 15.9 Å². The van der Waals surface area contributed by atoms with Crippen molar-refractivity contribution < 1.29 is 18.3 Å². The summed E-state index contributed by atoms with van der Waals surface area (Å²) in [6, 6.07) is 7.83. The van der Waals surface area contributed by atoms with E-state index in [4.69, 9.17) is 0 Å². The highest BCUT2D eigenvalue weighted by molar-refractivity contribution is 9.10. The summed E-state index contributed by atoms with van der Waals surface area (Å²) in [5.74, 6) is -2.67. The molecule has 0 bridgehead atoms. The van der Waals surface area contributed by atoms with Crippen molar-refractivity contribution in [3.8, 4) is 0 Å². The number of hydrogen-bond acceptors (Lipinski definition) is 1. The van der Waals surface area contributed by atoms with Crippen LogP contribution >= 0.6 is 15.9 Å². The molecule has 2 aromatic rings. The van der Waals surface area contributed by atoms with E-state index in [1.807, 2.05) is 0 Å². The zero-order chi connectivity index (χ0) is 14.9. The van der Waals surface area contributed by atoms with Crippen LogP contribution in [-0.4, -0.2) is 5.11 Å². The van der Waals surface area contributed by atoms with Gasteiger partial charge in [-0.1, -0.05) is 28.1 Å². The highest BCUT2D eigenvalue weighted by atomic mass is 79.9. The van der Waals surface area contributed by atoms with Gasteiger partial charge in [0.2, 0.25) is 0 Å². The van der Waals surface area contributed by atoms with Gasteiger partial charge in [-0.25, -0.2) is 13.2 Å². The molecule has 0 saturated heterocycles. The molecular formula is C15H12BrF3O. The van der Waals surface area contributed by atoms with Gasteiger partial charge in [-0.2, -0.15) is 0 Å². The van der Waals surface area contributed by atoms with Gasteiger partial charge in [0.1, 0.15) is 5.82 Å². The van der Waals surface area contributed by atoms with E-state index < -0.39 is 23.1 Å². The molecule has 0 aromatic heterocycles. The Morgan fingerprint density at radius 3 is 2.50 bits per heavy atom. The van der Waals surface area contributed by atoms with E-state index in [0.29, 0.717) is 4.47 Å². The standard InChI is InChI=1S/C15H12BrF3O/c1-15(20,11-3-2-4-13(18)14(11)19)8-9-7-10(16)5-6-12(9)17/h2-7,20H,8H2,1H3. The molecule has 0 fully saturated rings. The van der Waals surface area contributed by atoms with Crippen molar-refractivity contribution >= 4 is 15.9 Å². The quantitative estimate of drug-likeness (QED) is 0.879. The minimum atomic E-state index is -1.71. The summed E-state index contributed by atoms with van der Waals surface area (Å²) < 4.78 is 41.3. The van der Waals surface area contributed by atoms with Crippen LogP contribution in [0, 0.1) is 17.5 Å². The first-order valence-electron chi connectivity index (χ1n) is 5.92. The maximum atomic E-state index is 13.7. The Bertz CT molecular complexity index is 641. The summed E-state index contributed by atoms with van der Waals surface area (Å²) in [7, 11) is 0. The van der Waals surface area contributed by atoms with E-state index in [1.165, 1.54) is 37.3 Å². The van der Waals surface area contributed by atoms with Gasteiger partial charge >= 0.3 is 0 Å². The van der Waals surface area contributed by atoms with Gasteiger partial charge in [0, 0.05) is 16.5 Å². The van der Waals surface area contributed by atoms with Gasteiger partial charge in [-0.3, -0.25) is 0 Å². The SMILES string of the molecule is CC(O)(Cc1cc(Br)ccc1F)c1cccc(F)c1F. The molecule has 0 aliphatic heterocycles. The summed E-state index contributed by atoms with van der Waals surface area (Å²) >= 11 is 3.20. The molecule has 1 atom stereocenters. The third-order valence-electron chi connectivity index (χ3n) is 3.07. The Morgan fingerprint density at radius 1 is 1.10 bits per heavy atom. The first-order chi connectivity index (χ1) is 9.31. The summed E-state index contributed by atoms with van der Waals surface area (Å²) in [6.45, 7) is 1.32. The Hall–Kier alpha value is -1.33. The first-order valence-corrected chi connectivity index (χ1v) is 6.71. The van der Waals surface area contributed by atoms with E-state index >= 15 is 0 Å². The molecule has 0 saturated carbocycles. The first kappa shape index (κ1) is 15.1. The molecule has 0 spiro atoms. The number of hydrogen-bond donors (Lipinski definition) is 1. The van der Waals surface area contributed by atoms with Crippen LogP contribution < -0.4 is 0 Å².